The molecule has 0 aliphatic heterocycles. The zero-order valence-corrected chi connectivity index (χ0v) is 9.67. The van der Waals surface area contributed by atoms with Gasteiger partial charge in [0.15, 0.2) is 0 Å². The summed E-state index contributed by atoms with van der Waals surface area (Å²) < 4.78 is 1.97. The first-order chi connectivity index (χ1) is 6.56. The van der Waals surface area contributed by atoms with Gasteiger partial charge in [-0.05, 0) is 31.4 Å². The Balaban J connectivity index is 2.92. The molecular weight excluding hydrogens is 174 g/mol. The van der Waals surface area contributed by atoms with E-state index in [1.54, 1.807) is 0 Å². The minimum absolute atomic E-state index is 0.661. The average molecular weight is 195 g/mol. The van der Waals surface area contributed by atoms with Crippen LogP contribution in [0.2, 0.25) is 0 Å². The van der Waals surface area contributed by atoms with Crippen LogP contribution in [0.4, 0.5) is 0 Å². The van der Waals surface area contributed by atoms with Gasteiger partial charge in [-0.1, -0.05) is 13.8 Å². The van der Waals surface area contributed by atoms with Crippen LogP contribution in [0.3, 0.4) is 0 Å². The van der Waals surface area contributed by atoms with Crippen LogP contribution in [0.15, 0.2) is 0 Å². The van der Waals surface area contributed by atoms with E-state index in [2.05, 4.69) is 25.9 Å². The first kappa shape index (κ1) is 11.2. The molecule has 1 aromatic heterocycles. The Morgan fingerprint density at radius 3 is 2.57 bits per heavy atom. The molecule has 14 heavy (non-hydrogen) atoms. The standard InChI is InChI=1S/C11H21N3/c1-8(2)7-10-9(3)11(5-6-12)14(4)13-10/h8H,5-7,12H2,1-4H3. The molecule has 1 heterocycles. The molecule has 0 amide bonds. The number of nitrogens with zero attached hydrogens (tertiary/aromatic N) is 2. The molecule has 0 atom stereocenters. The van der Waals surface area contributed by atoms with E-state index in [0.29, 0.717) is 12.5 Å². The first-order valence-corrected chi connectivity index (χ1v) is 5.27. The maximum atomic E-state index is 5.57. The van der Waals surface area contributed by atoms with Crippen molar-refractivity contribution in [2.75, 3.05) is 6.54 Å². The van der Waals surface area contributed by atoms with Gasteiger partial charge in [0.25, 0.3) is 0 Å². The second kappa shape index (κ2) is 4.60. The average Bonchev–Trinajstić information content (AvgIpc) is 2.32. The minimum atomic E-state index is 0.661. The van der Waals surface area contributed by atoms with Crippen LogP contribution >= 0.6 is 0 Å². The molecule has 2 N–H and O–H groups in total. The summed E-state index contributed by atoms with van der Waals surface area (Å²) in [5, 5.41) is 4.53. The summed E-state index contributed by atoms with van der Waals surface area (Å²) >= 11 is 0. The predicted molar refractivity (Wildman–Crippen MR) is 59.2 cm³/mol. The zero-order chi connectivity index (χ0) is 10.7. The van der Waals surface area contributed by atoms with Crippen LogP contribution in [0.1, 0.15) is 30.8 Å². The Labute approximate surface area is 86.3 Å². The minimum Gasteiger partial charge on any atom is -0.330 e. The van der Waals surface area contributed by atoms with Gasteiger partial charge in [0.1, 0.15) is 0 Å². The Kier molecular flexibility index (Phi) is 3.69. The van der Waals surface area contributed by atoms with Crippen molar-refractivity contribution >= 4 is 0 Å². The van der Waals surface area contributed by atoms with Gasteiger partial charge in [0, 0.05) is 19.2 Å². The van der Waals surface area contributed by atoms with Crippen molar-refractivity contribution in [3.05, 3.63) is 17.0 Å². The number of nitrogens with two attached hydrogens (primary N) is 1. The zero-order valence-electron chi connectivity index (χ0n) is 9.67. The molecule has 0 aliphatic carbocycles. The molecule has 0 aromatic carbocycles. The molecule has 0 spiro atoms. The summed E-state index contributed by atoms with van der Waals surface area (Å²) in [5.41, 5.74) is 9.40. The molecule has 0 unspecified atom stereocenters. The highest BCUT2D eigenvalue weighted by atomic mass is 15.3. The molecule has 80 valence electrons. The molecule has 0 bridgehead atoms. The van der Waals surface area contributed by atoms with Gasteiger partial charge in [-0.2, -0.15) is 5.10 Å². The fourth-order valence-electron chi connectivity index (χ4n) is 1.79. The summed E-state index contributed by atoms with van der Waals surface area (Å²) in [6.07, 6.45) is 1.98. The van der Waals surface area contributed by atoms with Crippen molar-refractivity contribution in [3.63, 3.8) is 0 Å². The van der Waals surface area contributed by atoms with Crippen LogP contribution in [0.5, 0.6) is 0 Å². The quantitative estimate of drug-likeness (QED) is 0.790. The third-order valence-electron chi connectivity index (χ3n) is 2.51. The molecular formula is C11H21N3. The van der Waals surface area contributed by atoms with Crippen molar-refractivity contribution < 1.29 is 0 Å². The molecule has 0 fully saturated rings. The lowest BCUT2D eigenvalue weighted by molar-refractivity contribution is 0.615. The fraction of sp³-hybridized carbons (Fsp3) is 0.727. The lowest BCUT2D eigenvalue weighted by Crippen LogP contribution is -2.08. The van der Waals surface area contributed by atoms with Gasteiger partial charge in [-0.15, -0.1) is 0 Å². The van der Waals surface area contributed by atoms with Crippen molar-refractivity contribution in [3.8, 4) is 0 Å². The van der Waals surface area contributed by atoms with Crippen LogP contribution in [0.25, 0.3) is 0 Å². The fourth-order valence-corrected chi connectivity index (χ4v) is 1.79. The summed E-state index contributed by atoms with van der Waals surface area (Å²) in [6, 6.07) is 0. The lowest BCUT2D eigenvalue weighted by Gasteiger charge is -2.02. The van der Waals surface area contributed by atoms with E-state index in [0.717, 1.165) is 12.8 Å². The predicted octanol–water partition coefficient (Wildman–Crippen LogP) is 1.43. The van der Waals surface area contributed by atoms with Gasteiger partial charge < -0.3 is 5.73 Å². The second-order valence-corrected chi connectivity index (χ2v) is 4.28. The van der Waals surface area contributed by atoms with E-state index in [-0.39, 0.29) is 0 Å². The number of aryl methyl sites for hydroxylation is 1. The smallest absolute Gasteiger partial charge is 0.0659 e. The second-order valence-electron chi connectivity index (χ2n) is 4.28. The number of aromatic nitrogens is 2. The van der Waals surface area contributed by atoms with Crippen molar-refractivity contribution in [1.82, 2.24) is 9.78 Å². The third kappa shape index (κ3) is 2.35. The van der Waals surface area contributed by atoms with Crippen LogP contribution in [-0.2, 0) is 19.9 Å². The Morgan fingerprint density at radius 2 is 2.07 bits per heavy atom. The van der Waals surface area contributed by atoms with Crippen LogP contribution < -0.4 is 5.73 Å². The van der Waals surface area contributed by atoms with E-state index >= 15 is 0 Å². The maximum absolute atomic E-state index is 5.57. The normalized spacial score (nSPS) is 11.3. The van der Waals surface area contributed by atoms with Gasteiger partial charge in [-0.25, -0.2) is 0 Å². The first-order valence-electron chi connectivity index (χ1n) is 5.27. The molecule has 0 saturated carbocycles. The molecule has 0 radical (unpaired) electrons. The highest BCUT2D eigenvalue weighted by Crippen LogP contribution is 2.16. The van der Waals surface area contributed by atoms with Gasteiger partial charge in [0.2, 0.25) is 0 Å². The largest absolute Gasteiger partial charge is 0.330 e. The molecule has 0 aliphatic rings. The summed E-state index contributed by atoms with van der Waals surface area (Å²) in [6.45, 7) is 7.28. The Bertz CT molecular complexity index is 300. The lowest BCUT2D eigenvalue weighted by atomic mass is 10.0. The topological polar surface area (TPSA) is 43.8 Å². The van der Waals surface area contributed by atoms with E-state index in [1.165, 1.54) is 17.0 Å². The monoisotopic (exact) mass is 195 g/mol. The maximum Gasteiger partial charge on any atom is 0.0659 e. The molecule has 3 heteroatoms. The number of rotatable bonds is 4. The molecule has 3 nitrogen and oxygen atoms in total. The summed E-state index contributed by atoms with van der Waals surface area (Å²) in [4.78, 5) is 0. The molecule has 0 saturated heterocycles. The van der Waals surface area contributed by atoms with Crippen LogP contribution in [0, 0.1) is 12.8 Å². The summed E-state index contributed by atoms with van der Waals surface area (Å²) in [7, 11) is 2.00. The van der Waals surface area contributed by atoms with Crippen molar-refractivity contribution in [1.29, 1.82) is 0 Å². The van der Waals surface area contributed by atoms with E-state index in [4.69, 9.17) is 5.73 Å². The highest BCUT2D eigenvalue weighted by Gasteiger charge is 2.12. The third-order valence-corrected chi connectivity index (χ3v) is 2.51. The Morgan fingerprint density at radius 1 is 1.43 bits per heavy atom. The van der Waals surface area contributed by atoms with Crippen LogP contribution in [-0.4, -0.2) is 16.3 Å². The van der Waals surface area contributed by atoms with Gasteiger partial charge in [0.05, 0.1) is 5.69 Å². The number of hydrogen-bond acceptors (Lipinski definition) is 2. The van der Waals surface area contributed by atoms with E-state index < -0.39 is 0 Å². The van der Waals surface area contributed by atoms with Crippen molar-refractivity contribution in [2.24, 2.45) is 18.7 Å². The van der Waals surface area contributed by atoms with Gasteiger partial charge >= 0.3 is 0 Å². The van der Waals surface area contributed by atoms with Crippen molar-refractivity contribution in [2.45, 2.75) is 33.6 Å². The van der Waals surface area contributed by atoms with E-state index in [1.807, 2.05) is 11.7 Å². The summed E-state index contributed by atoms with van der Waals surface area (Å²) in [5.74, 6) is 0.661. The van der Waals surface area contributed by atoms with Gasteiger partial charge in [-0.3, -0.25) is 4.68 Å². The molecule has 1 aromatic rings. The highest BCUT2D eigenvalue weighted by molar-refractivity contribution is 5.25. The Hall–Kier alpha value is -0.830. The molecule has 1 rings (SSSR count). The van der Waals surface area contributed by atoms with E-state index in [9.17, 15) is 0 Å². The SMILES string of the molecule is Cc1c(CC(C)C)nn(C)c1CCN. The number of hydrogen-bond donors (Lipinski definition) is 1.